The zero-order valence-electron chi connectivity index (χ0n) is 21.7. The van der Waals surface area contributed by atoms with Crippen LogP contribution < -0.4 is 9.47 Å². The fourth-order valence-corrected chi connectivity index (χ4v) is 6.31. The van der Waals surface area contributed by atoms with Crippen LogP contribution in [0.25, 0.3) is 6.08 Å². The van der Waals surface area contributed by atoms with Crippen LogP contribution in [0.2, 0.25) is 0 Å². The van der Waals surface area contributed by atoms with E-state index in [9.17, 15) is 14.4 Å². The monoisotopic (exact) mass is 732 g/mol. The minimum absolute atomic E-state index is 0.242. The van der Waals surface area contributed by atoms with Gasteiger partial charge in [-0.25, -0.2) is 0 Å². The van der Waals surface area contributed by atoms with Crippen LogP contribution >= 0.6 is 50.3 Å². The van der Waals surface area contributed by atoms with E-state index in [-0.39, 0.29) is 17.4 Å². The van der Waals surface area contributed by atoms with Crippen molar-refractivity contribution in [3.05, 3.63) is 95.9 Å². The molecule has 0 saturated carbocycles. The number of nitrogens with zero attached hydrogens (tertiary/aromatic N) is 2. The maximum Gasteiger partial charge on any atom is 0.294 e. The molecule has 0 aliphatic carbocycles. The van der Waals surface area contributed by atoms with Crippen LogP contribution in [0.5, 0.6) is 11.5 Å². The Kier molecular flexibility index (Phi) is 9.17. The van der Waals surface area contributed by atoms with Crippen molar-refractivity contribution in [3.63, 3.8) is 0 Å². The number of fused-ring (bicyclic) bond motifs is 1. The van der Waals surface area contributed by atoms with Crippen LogP contribution in [-0.4, -0.2) is 46.5 Å². The summed E-state index contributed by atoms with van der Waals surface area (Å²) in [6.45, 7) is 3.44. The Morgan fingerprint density at radius 2 is 1.82 bits per heavy atom. The summed E-state index contributed by atoms with van der Waals surface area (Å²) >= 11 is 6.67. The summed E-state index contributed by atoms with van der Waals surface area (Å²) in [6.07, 6.45) is 2.40. The maximum absolute atomic E-state index is 13.2. The van der Waals surface area contributed by atoms with E-state index in [1.807, 2.05) is 55.5 Å². The third-order valence-corrected chi connectivity index (χ3v) is 8.79. The quantitative estimate of drug-likeness (QED) is 0.191. The second kappa shape index (κ2) is 12.8. The number of carbonyl (C=O) groups is 3. The number of ether oxygens (including phenoxy) is 2. The number of halogens is 2. The Morgan fingerprint density at radius 3 is 2.58 bits per heavy atom. The normalized spacial score (nSPS) is 15.9. The first kappa shape index (κ1) is 28.7. The van der Waals surface area contributed by atoms with E-state index < -0.39 is 11.1 Å². The highest BCUT2D eigenvalue weighted by Crippen LogP contribution is 2.40. The Hall–Kier alpha value is -2.83. The molecule has 7 nitrogen and oxygen atoms in total. The predicted octanol–water partition coefficient (Wildman–Crippen LogP) is 6.65. The smallest absolute Gasteiger partial charge is 0.294 e. The first-order valence-corrected chi connectivity index (χ1v) is 15.4. The number of hydrogen-bond acceptors (Lipinski definition) is 6. The first-order chi connectivity index (χ1) is 19.3. The zero-order chi connectivity index (χ0) is 28.2. The number of rotatable bonds is 8. The second-order valence-corrected chi connectivity index (χ2v) is 12.4. The number of amides is 3. The number of carbonyl (C=O) groups excluding carboxylic acids is 3. The van der Waals surface area contributed by atoms with Gasteiger partial charge in [0.1, 0.15) is 13.2 Å². The van der Waals surface area contributed by atoms with Crippen LogP contribution in [0, 0.1) is 3.57 Å². The summed E-state index contributed by atoms with van der Waals surface area (Å²) < 4.78 is 13.7. The van der Waals surface area contributed by atoms with Crippen LogP contribution in [0.1, 0.15) is 29.2 Å². The minimum atomic E-state index is -0.478. The molecule has 0 atom stereocenters. The fourth-order valence-electron chi connectivity index (χ4n) is 4.54. The Labute approximate surface area is 259 Å². The van der Waals surface area contributed by atoms with E-state index in [4.69, 9.17) is 9.47 Å². The lowest BCUT2D eigenvalue weighted by molar-refractivity contribution is -0.136. The summed E-state index contributed by atoms with van der Waals surface area (Å²) in [7, 11) is 0. The zero-order valence-corrected chi connectivity index (χ0v) is 26.3. The summed E-state index contributed by atoms with van der Waals surface area (Å²) in [5, 5.41) is -0.455. The van der Waals surface area contributed by atoms with Gasteiger partial charge in [0.15, 0.2) is 11.5 Å². The molecule has 40 heavy (non-hydrogen) atoms. The van der Waals surface area contributed by atoms with Crippen LogP contribution in [0.3, 0.4) is 0 Å². The first-order valence-electron chi connectivity index (χ1n) is 12.8. The Bertz CT molecular complexity index is 1490. The molecule has 3 aromatic rings. The van der Waals surface area contributed by atoms with E-state index in [0.29, 0.717) is 47.8 Å². The molecule has 0 N–H and O–H groups in total. The van der Waals surface area contributed by atoms with Gasteiger partial charge in [-0.1, -0.05) is 36.4 Å². The van der Waals surface area contributed by atoms with Crippen molar-refractivity contribution in [1.82, 2.24) is 9.80 Å². The molecule has 0 spiro atoms. The molecule has 2 heterocycles. The van der Waals surface area contributed by atoms with E-state index in [0.717, 1.165) is 37.8 Å². The van der Waals surface area contributed by atoms with E-state index >= 15 is 0 Å². The molecule has 206 valence electrons. The van der Waals surface area contributed by atoms with Gasteiger partial charge in [0.2, 0.25) is 5.91 Å². The van der Waals surface area contributed by atoms with E-state index in [1.165, 1.54) is 5.56 Å². The second-order valence-electron chi connectivity index (χ2n) is 9.28. The number of benzene rings is 3. The standard InChI is InChI=1S/C30H26BrIN2O5S/c1-2-38-25-14-20(13-24(31)28(25)39-18-19-7-9-23(32)10-8-19)15-26-29(36)34(30(37)40-26)17-27(35)33-12-11-21-5-3-4-6-22(21)16-33/h3-10,13-15H,2,11-12,16-18H2,1H3/b26-15-. The lowest BCUT2D eigenvalue weighted by Crippen LogP contribution is -2.44. The van der Waals surface area contributed by atoms with Crippen molar-refractivity contribution in [2.75, 3.05) is 19.7 Å². The molecular weight excluding hydrogens is 707 g/mol. The van der Waals surface area contributed by atoms with Gasteiger partial charge in [-0.3, -0.25) is 19.3 Å². The van der Waals surface area contributed by atoms with Crippen LogP contribution in [0.15, 0.2) is 70.0 Å². The molecule has 2 aliphatic rings. The maximum atomic E-state index is 13.2. The molecule has 3 aromatic carbocycles. The minimum Gasteiger partial charge on any atom is -0.490 e. The van der Waals surface area contributed by atoms with Crippen molar-refractivity contribution in [3.8, 4) is 11.5 Å². The lowest BCUT2D eigenvalue weighted by atomic mass is 10.00. The highest BCUT2D eigenvalue weighted by molar-refractivity contribution is 14.1. The van der Waals surface area contributed by atoms with Gasteiger partial charge in [-0.2, -0.15) is 0 Å². The van der Waals surface area contributed by atoms with Crippen molar-refractivity contribution in [1.29, 1.82) is 0 Å². The average molecular weight is 733 g/mol. The van der Waals surface area contributed by atoms with Gasteiger partial charge in [-0.05, 0) is 116 Å². The molecule has 5 rings (SSSR count). The summed E-state index contributed by atoms with van der Waals surface area (Å²) in [6, 6.07) is 19.7. The van der Waals surface area contributed by atoms with Crippen molar-refractivity contribution >= 4 is 73.4 Å². The molecule has 0 bridgehead atoms. The highest BCUT2D eigenvalue weighted by atomic mass is 127. The molecule has 0 radical (unpaired) electrons. The molecule has 1 saturated heterocycles. The highest BCUT2D eigenvalue weighted by Gasteiger charge is 2.37. The van der Waals surface area contributed by atoms with Gasteiger partial charge in [0.05, 0.1) is 16.0 Å². The van der Waals surface area contributed by atoms with Gasteiger partial charge in [0, 0.05) is 16.7 Å². The van der Waals surface area contributed by atoms with Crippen molar-refractivity contribution < 1.29 is 23.9 Å². The number of imide groups is 1. The Morgan fingerprint density at radius 1 is 1.07 bits per heavy atom. The topological polar surface area (TPSA) is 76.2 Å². The van der Waals surface area contributed by atoms with Gasteiger partial charge in [-0.15, -0.1) is 0 Å². The van der Waals surface area contributed by atoms with E-state index in [2.05, 4.69) is 44.6 Å². The molecule has 1 fully saturated rings. The largest absolute Gasteiger partial charge is 0.490 e. The summed E-state index contributed by atoms with van der Waals surface area (Å²) in [5.74, 6) is 0.357. The molecule has 2 aliphatic heterocycles. The molecule has 10 heteroatoms. The van der Waals surface area contributed by atoms with E-state index in [1.54, 1.807) is 17.0 Å². The molecule has 3 amide bonds. The van der Waals surface area contributed by atoms with Crippen molar-refractivity contribution in [2.24, 2.45) is 0 Å². The van der Waals surface area contributed by atoms with Gasteiger partial charge in [0.25, 0.3) is 11.1 Å². The van der Waals surface area contributed by atoms with Crippen LogP contribution in [0.4, 0.5) is 4.79 Å². The fraction of sp³-hybridized carbons (Fsp3) is 0.233. The van der Waals surface area contributed by atoms with Crippen LogP contribution in [-0.2, 0) is 29.2 Å². The average Bonchev–Trinajstić information content (AvgIpc) is 3.20. The number of hydrogen-bond donors (Lipinski definition) is 0. The molecular formula is C30H26BrIN2O5S. The molecule has 0 aromatic heterocycles. The SMILES string of the molecule is CCOc1cc(/C=C2\SC(=O)N(CC(=O)N3CCc4ccccc4C3)C2=O)cc(Br)c1OCc1ccc(I)cc1. The Balaban J connectivity index is 1.29. The molecule has 0 unspecified atom stereocenters. The predicted molar refractivity (Wildman–Crippen MR) is 167 cm³/mol. The summed E-state index contributed by atoms with van der Waals surface area (Å²) in [4.78, 5) is 41.9. The third-order valence-electron chi connectivity index (χ3n) is 6.58. The summed E-state index contributed by atoms with van der Waals surface area (Å²) in [5.41, 5.74) is 4.01. The lowest BCUT2D eigenvalue weighted by Gasteiger charge is -2.29. The van der Waals surface area contributed by atoms with Crippen molar-refractivity contribution in [2.45, 2.75) is 26.5 Å². The number of thioether (sulfide) groups is 1. The third kappa shape index (κ3) is 6.55. The van der Waals surface area contributed by atoms with Gasteiger partial charge < -0.3 is 14.4 Å². The van der Waals surface area contributed by atoms with Gasteiger partial charge >= 0.3 is 0 Å².